The van der Waals surface area contributed by atoms with Crippen LogP contribution < -0.4 is 5.32 Å². The van der Waals surface area contributed by atoms with E-state index in [0.717, 1.165) is 23.2 Å². The quantitative estimate of drug-likeness (QED) is 0.458. The van der Waals surface area contributed by atoms with Gasteiger partial charge in [0.05, 0.1) is 13.2 Å². The molecule has 4 aromatic rings. The van der Waals surface area contributed by atoms with Gasteiger partial charge in [-0.2, -0.15) is 0 Å². The summed E-state index contributed by atoms with van der Waals surface area (Å²) in [5, 5.41) is 5.64. The standard InChI is InChI=1S/C28H29N5O2/c1-19-13-27(31-20(2)30-19)32-25-8-4-7-24(15-25)28(34)33-11-12-35-18-21(17-33)14-23-6-3-5-22-9-10-29-16-26(22)23/h3-10,13,15-16,21H,11-12,14,17-18H2,1-2H3,(H,30,31,32). The maximum absolute atomic E-state index is 13.5. The lowest BCUT2D eigenvalue weighted by Crippen LogP contribution is -2.36. The van der Waals surface area contributed by atoms with Gasteiger partial charge >= 0.3 is 0 Å². The van der Waals surface area contributed by atoms with Crippen molar-refractivity contribution < 1.29 is 9.53 Å². The lowest BCUT2D eigenvalue weighted by Gasteiger charge is -2.24. The number of benzene rings is 2. The number of aromatic nitrogens is 3. The van der Waals surface area contributed by atoms with Crippen molar-refractivity contribution >= 4 is 28.2 Å². The summed E-state index contributed by atoms with van der Waals surface area (Å²) in [6.07, 6.45) is 4.57. The van der Waals surface area contributed by atoms with E-state index in [1.165, 1.54) is 10.9 Å². The van der Waals surface area contributed by atoms with Gasteiger partial charge in [0.15, 0.2) is 0 Å². The fourth-order valence-corrected chi connectivity index (χ4v) is 4.70. The van der Waals surface area contributed by atoms with Crippen LogP contribution in [0.15, 0.2) is 67.0 Å². The molecule has 0 saturated carbocycles. The lowest BCUT2D eigenvalue weighted by atomic mass is 9.95. The topological polar surface area (TPSA) is 80.2 Å². The van der Waals surface area contributed by atoms with Crippen LogP contribution in [0.1, 0.15) is 27.4 Å². The van der Waals surface area contributed by atoms with Crippen LogP contribution in [0.5, 0.6) is 0 Å². The molecule has 1 amide bonds. The molecule has 2 aromatic carbocycles. The first-order valence-electron chi connectivity index (χ1n) is 11.9. The molecular weight excluding hydrogens is 438 g/mol. The van der Waals surface area contributed by atoms with Crippen molar-refractivity contribution in [3.63, 3.8) is 0 Å². The summed E-state index contributed by atoms with van der Waals surface area (Å²) < 4.78 is 5.90. The first-order chi connectivity index (χ1) is 17.0. The van der Waals surface area contributed by atoms with Crippen molar-refractivity contribution in [3.8, 4) is 0 Å². The number of aryl methyl sites for hydroxylation is 2. The third-order valence-electron chi connectivity index (χ3n) is 6.26. The van der Waals surface area contributed by atoms with Crippen molar-refractivity contribution in [3.05, 3.63) is 89.6 Å². The van der Waals surface area contributed by atoms with Gasteiger partial charge in [0, 0.05) is 59.8 Å². The summed E-state index contributed by atoms with van der Waals surface area (Å²) in [6.45, 7) is 6.20. The van der Waals surface area contributed by atoms with Crippen molar-refractivity contribution in [2.24, 2.45) is 5.92 Å². The molecule has 3 heterocycles. The Kier molecular flexibility index (Phi) is 6.68. The highest BCUT2D eigenvalue weighted by Gasteiger charge is 2.24. The number of carbonyl (C=O) groups excluding carboxylic acids is 1. The fraction of sp³-hybridized carbons (Fsp3) is 0.286. The minimum atomic E-state index is 0.0128. The van der Waals surface area contributed by atoms with Crippen LogP contribution in [0.4, 0.5) is 11.5 Å². The molecule has 0 bridgehead atoms. The van der Waals surface area contributed by atoms with E-state index < -0.39 is 0 Å². The molecule has 1 fully saturated rings. The number of anilines is 2. The van der Waals surface area contributed by atoms with Crippen LogP contribution in [-0.2, 0) is 11.2 Å². The second-order valence-corrected chi connectivity index (χ2v) is 9.06. The van der Waals surface area contributed by atoms with Gasteiger partial charge in [-0.3, -0.25) is 9.78 Å². The summed E-state index contributed by atoms with van der Waals surface area (Å²) in [6, 6.07) is 17.8. The first-order valence-corrected chi connectivity index (χ1v) is 11.9. The Balaban J connectivity index is 1.32. The van der Waals surface area contributed by atoms with E-state index in [1.807, 2.05) is 67.5 Å². The van der Waals surface area contributed by atoms with E-state index >= 15 is 0 Å². The number of hydrogen-bond donors (Lipinski definition) is 1. The zero-order valence-electron chi connectivity index (χ0n) is 20.1. The van der Waals surface area contributed by atoms with Gasteiger partial charge in [-0.1, -0.05) is 24.3 Å². The Bertz CT molecular complexity index is 1330. The summed E-state index contributed by atoms with van der Waals surface area (Å²) in [5.74, 6) is 1.64. The molecule has 7 heteroatoms. The summed E-state index contributed by atoms with van der Waals surface area (Å²) in [7, 11) is 0. The molecule has 178 valence electrons. The molecular formula is C28H29N5O2. The highest BCUT2D eigenvalue weighted by molar-refractivity contribution is 5.95. The molecule has 35 heavy (non-hydrogen) atoms. The monoisotopic (exact) mass is 467 g/mol. The predicted molar refractivity (Wildman–Crippen MR) is 137 cm³/mol. The number of hydrogen-bond acceptors (Lipinski definition) is 6. The number of ether oxygens (including phenoxy) is 1. The zero-order valence-corrected chi connectivity index (χ0v) is 20.1. The van der Waals surface area contributed by atoms with Gasteiger partial charge in [-0.25, -0.2) is 9.97 Å². The number of fused-ring (bicyclic) bond motifs is 1. The number of nitrogens with zero attached hydrogens (tertiary/aromatic N) is 4. The van der Waals surface area contributed by atoms with Crippen LogP contribution in [0, 0.1) is 19.8 Å². The number of amides is 1. The number of rotatable bonds is 5. The number of carbonyl (C=O) groups is 1. The predicted octanol–water partition coefficient (Wildman–Crippen LogP) is 4.72. The first kappa shape index (κ1) is 22.9. The second kappa shape index (κ2) is 10.2. The van der Waals surface area contributed by atoms with Crippen LogP contribution in [-0.4, -0.2) is 52.1 Å². The molecule has 0 aliphatic carbocycles. The Labute approximate surface area is 205 Å². The smallest absolute Gasteiger partial charge is 0.254 e. The van der Waals surface area contributed by atoms with Gasteiger partial charge < -0.3 is 15.0 Å². The van der Waals surface area contributed by atoms with Crippen LogP contribution >= 0.6 is 0 Å². The molecule has 0 spiro atoms. The number of nitrogens with one attached hydrogen (secondary N) is 1. The SMILES string of the molecule is Cc1cc(Nc2cccc(C(=O)N3CCOCC(Cc4cccc5ccncc45)C3)c2)nc(C)n1. The third kappa shape index (κ3) is 5.46. The summed E-state index contributed by atoms with van der Waals surface area (Å²) in [5.41, 5.74) is 3.59. The molecule has 1 aliphatic rings. The minimum absolute atomic E-state index is 0.0128. The van der Waals surface area contributed by atoms with Gasteiger partial charge in [0.25, 0.3) is 5.91 Å². The van der Waals surface area contributed by atoms with E-state index in [-0.39, 0.29) is 11.8 Å². The molecule has 1 saturated heterocycles. The number of pyridine rings is 1. The van der Waals surface area contributed by atoms with Gasteiger partial charge in [-0.05, 0) is 55.5 Å². The van der Waals surface area contributed by atoms with Crippen molar-refractivity contribution in [2.45, 2.75) is 20.3 Å². The molecule has 7 nitrogen and oxygen atoms in total. The van der Waals surface area contributed by atoms with Crippen LogP contribution in [0.2, 0.25) is 0 Å². The van der Waals surface area contributed by atoms with Gasteiger partial charge in [0.1, 0.15) is 11.6 Å². The van der Waals surface area contributed by atoms with Gasteiger partial charge in [-0.15, -0.1) is 0 Å². The maximum Gasteiger partial charge on any atom is 0.254 e. The average Bonchev–Trinajstić information content (AvgIpc) is 3.09. The molecule has 1 aliphatic heterocycles. The Hall–Kier alpha value is -3.84. The molecule has 5 rings (SSSR count). The van der Waals surface area contributed by atoms with E-state index in [9.17, 15) is 4.79 Å². The van der Waals surface area contributed by atoms with E-state index in [2.05, 4.69) is 38.5 Å². The Morgan fingerprint density at radius 2 is 2.00 bits per heavy atom. The second-order valence-electron chi connectivity index (χ2n) is 9.06. The largest absolute Gasteiger partial charge is 0.379 e. The summed E-state index contributed by atoms with van der Waals surface area (Å²) >= 11 is 0. The maximum atomic E-state index is 13.5. The van der Waals surface area contributed by atoms with Crippen LogP contribution in [0.3, 0.4) is 0 Å². The highest BCUT2D eigenvalue weighted by atomic mass is 16.5. The lowest BCUT2D eigenvalue weighted by molar-refractivity contribution is 0.0737. The molecule has 1 unspecified atom stereocenters. The average molecular weight is 468 g/mol. The zero-order chi connectivity index (χ0) is 24.2. The van der Waals surface area contributed by atoms with Crippen LogP contribution in [0.25, 0.3) is 10.8 Å². The molecule has 1 N–H and O–H groups in total. The normalized spacial score (nSPS) is 16.2. The Morgan fingerprint density at radius 1 is 1.11 bits per heavy atom. The van der Waals surface area contributed by atoms with Crippen molar-refractivity contribution in [1.82, 2.24) is 19.9 Å². The third-order valence-corrected chi connectivity index (χ3v) is 6.26. The molecule has 2 aromatic heterocycles. The summed E-state index contributed by atoms with van der Waals surface area (Å²) in [4.78, 5) is 28.5. The van der Waals surface area contributed by atoms with E-state index in [1.54, 1.807) is 0 Å². The van der Waals surface area contributed by atoms with Crippen molar-refractivity contribution in [1.29, 1.82) is 0 Å². The Morgan fingerprint density at radius 3 is 2.89 bits per heavy atom. The highest BCUT2D eigenvalue weighted by Crippen LogP contribution is 2.23. The van der Waals surface area contributed by atoms with Crippen molar-refractivity contribution in [2.75, 3.05) is 31.6 Å². The van der Waals surface area contributed by atoms with E-state index in [4.69, 9.17) is 4.74 Å². The molecule has 1 atom stereocenters. The fourth-order valence-electron chi connectivity index (χ4n) is 4.70. The minimum Gasteiger partial charge on any atom is -0.379 e. The molecule has 0 radical (unpaired) electrons. The van der Waals surface area contributed by atoms with Gasteiger partial charge in [0.2, 0.25) is 0 Å². The van der Waals surface area contributed by atoms with E-state index in [0.29, 0.717) is 43.5 Å².